The van der Waals surface area contributed by atoms with Gasteiger partial charge < -0.3 is 18.9 Å². The third-order valence-corrected chi connectivity index (χ3v) is 2.59. The zero-order valence-electron chi connectivity index (χ0n) is 9.51. The maximum atomic E-state index is 5.52. The Morgan fingerprint density at radius 3 is 2.44 bits per heavy atom. The summed E-state index contributed by atoms with van der Waals surface area (Å²) in [5, 5.41) is 0. The summed E-state index contributed by atoms with van der Waals surface area (Å²) in [7, 11) is 3.11. The van der Waals surface area contributed by atoms with Crippen molar-refractivity contribution in [2.75, 3.05) is 20.8 Å². The van der Waals surface area contributed by atoms with Crippen LogP contribution < -0.4 is 0 Å². The third kappa shape index (κ3) is 2.41. The van der Waals surface area contributed by atoms with E-state index in [1.807, 2.05) is 30.3 Å². The van der Waals surface area contributed by atoms with Crippen molar-refractivity contribution >= 4 is 0 Å². The fraction of sp³-hybridized carbons (Fsp3) is 0.500. The zero-order chi connectivity index (χ0) is 11.4. The van der Waals surface area contributed by atoms with Crippen molar-refractivity contribution < 1.29 is 18.9 Å². The van der Waals surface area contributed by atoms with E-state index in [4.69, 9.17) is 18.9 Å². The van der Waals surface area contributed by atoms with Gasteiger partial charge in [-0.1, -0.05) is 30.3 Å². The molecule has 0 radical (unpaired) electrons. The second kappa shape index (κ2) is 4.93. The largest absolute Gasteiger partial charge is 0.374 e. The topological polar surface area (TPSA) is 40.2 Å². The van der Waals surface area contributed by atoms with Gasteiger partial charge in [0.25, 0.3) is 0 Å². The van der Waals surface area contributed by atoms with Crippen molar-refractivity contribution in [1.29, 1.82) is 0 Å². The van der Waals surface area contributed by atoms with Gasteiger partial charge in [-0.05, 0) is 5.56 Å². The Kier molecular flexibility index (Phi) is 3.56. The van der Waals surface area contributed by atoms with Gasteiger partial charge in [-0.2, -0.15) is 0 Å². The highest BCUT2D eigenvalue weighted by Gasteiger charge is 2.59. The lowest BCUT2D eigenvalue weighted by Gasteiger charge is -2.07. The monoisotopic (exact) mass is 224 g/mol. The fourth-order valence-corrected chi connectivity index (χ4v) is 1.60. The van der Waals surface area contributed by atoms with Gasteiger partial charge in [0.1, 0.15) is 0 Å². The van der Waals surface area contributed by atoms with Crippen LogP contribution in [0.4, 0.5) is 0 Å². The zero-order valence-corrected chi connectivity index (χ0v) is 9.51. The van der Waals surface area contributed by atoms with E-state index in [0.29, 0.717) is 13.2 Å². The van der Waals surface area contributed by atoms with Crippen LogP contribution in [0.25, 0.3) is 0 Å². The van der Waals surface area contributed by atoms with Crippen molar-refractivity contribution in [3.05, 3.63) is 35.9 Å². The van der Waals surface area contributed by atoms with Gasteiger partial charge in [0.15, 0.2) is 6.10 Å². The smallest absolute Gasteiger partial charge is 0.313 e. The molecule has 0 spiro atoms. The number of rotatable bonds is 6. The first-order valence-corrected chi connectivity index (χ1v) is 5.20. The van der Waals surface area contributed by atoms with Crippen LogP contribution >= 0.6 is 0 Å². The van der Waals surface area contributed by atoms with Crippen molar-refractivity contribution in [2.24, 2.45) is 0 Å². The van der Waals surface area contributed by atoms with Crippen LogP contribution in [0.15, 0.2) is 30.3 Å². The molecule has 0 saturated carbocycles. The summed E-state index contributed by atoms with van der Waals surface area (Å²) in [5.74, 6) is -0.878. The first-order chi connectivity index (χ1) is 7.80. The van der Waals surface area contributed by atoms with Crippen LogP contribution in [0.3, 0.4) is 0 Å². The molecule has 1 heterocycles. The lowest BCUT2D eigenvalue weighted by atomic mass is 10.2. The Balaban J connectivity index is 1.71. The van der Waals surface area contributed by atoms with Crippen LogP contribution in [-0.2, 0) is 25.6 Å². The van der Waals surface area contributed by atoms with E-state index >= 15 is 0 Å². The molecule has 0 N–H and O–H groups in total. The van der Waals surface area contributed by atoms with Crippen LogP contribution in [0.1, 0.15) is 5.56 Å². The summed E-state index contributed by atoms with van der Waals surface area (Å²) >= 11 is 0. The van der Waals surface area contributed by atoms with Gasteiger partial charge in [0.2, 0.25) is 0 Å². The quantitative estimate of drug-likeness (QED) is 0.543. The Labute approximate surface area is 95.1 Å². The molecule has 1 atom stereocenters. The highest BCUT2D eigenvalue weighted by molar-refractivity contribution is 5.13. The van der Waals surface area contributed by atoms with Gasteiger partial charge >= 0.3 is 5.97 Å². The van der Waals surface area contributed by atoms with E-state index in [9.17, 15) is 0 Å². The molecule has 88 valence electrons. The average Bonchev–Trinajstić information content (AvgIpc) is 3.05. The summed E-state index contributed by atoms with van der Waals surface area (Å²) in [5.41, 5.74) is 1.14. The molecule has 2 rings (SSSR count). The first-order valence-electron chi connectivity index (χ1n) is 5.20. The third-order valence-electron chi connectivity index (χ3n) is 2.59. The fourth-order valence-electron chi connectivity index (χ4n) is 1.60. The first kappa shape index (κ1) is 11.5. The van der Waals surface area contributed by atoms with Gasteiger partial charge in [0, 0.05) is 14.2 Å². The van der Waals surface area contributed by atoms with E-state index in [1.54, 1.807) is 14.2 Å². The molecule has 1 aromatic carbocycles. The predicted octanol–water partition coefficient (Wildman–Crippen LogP) is 1.55. The summed E-state index contributed by atoms with van der Waals surface area (Å²) in [6, 6.07) is 10.00. The Hall–Kier alpha value is -0.940. The number of epoxide rings is 1. The highest BCUT2D eigenvalue weighted by atomic mass is 16.9. The molecule has 0 aromatic heterocycles. The molecule has 1 aliphatic rings. The molecule has 1 unspecified atom stereocenters. The van der Waals surface area contributed by atoms with Gasteiger partial charge in [-0.25, -0.2) is 0 Å². The van der Waals surface area contributed by atoms with E-state index in [1.165, 1.54) is 0 Å². The molecule has 0 amide bonds. The Morgan fingerprint density at radius 1 is 1.19 bits per heavy atom. The van der Waals surface area contributed by atoms with Gasteiger partial charge in [0.05, 0.1) is 13.2 Å². The molecule has 1 aromatic rings. The van der Waals surface area contributed by atoms with Crippen molar-refractivity contribution in [1.82, 2.24) is 0 Å². The molecule has 0 aliphatic carbocycles. The average molecular weight is 224 g/mol. The standard InChI is InChI=1S/C12H16O4/c1-13-12(14-2)11(16-12)9-15-8-10-6-4-3-5-7-10/h3-7,11H,8-9H2,1-2H3. The molecule has 1 saturated heterocycles. The van der Waals surface area contributed by atoms with Crippen LogP contribution in [0.5, 0.6) is 0 Å². The Bertz CT molecular complexity index is 321. The molecular formula is C12H16O4. The summed E-state index contributed by atoms with van der Waals surface area (Å²) in [4.78, 5) is 0. The maximum Gasteiger partial charge on any atom is 0.313 e. The second-order valence-corrected chi connectivity index (χ2v) is 3.62. The van der Waals surface area contributed by atoms with E-state index in [-0.39, 0.29) is 6.10 Å². The second-order valence-electron chi connectivity index (χ2n) is 3.62. The van der Waals surface area contributed by atoms with Crippen molar-refractivity contribution in [2.45, 2.75) is 18.7 Å². The van der Waals surface area contributed by atoms with E-state index in [2.05, 4.69) is 0 Å². The molecule has 16 heavy (non-hydrogen) atoms. The maximum absolute atomic E-state index is 5.52. The lowest BCUT2D eigenvalue weighted by Crippen LogP contribution is -2.22. The number of ether oxygens (including phenoxy) is 4. The van der Waals surface area contributed by atoms with Crippen molar-refractivity contribution in [3.63, 3.8) is 0 Å². The minimum absolute atomic E-state index is 0.133. The van der Waals surface area contributed by atoms with Crippen LogP contribution in [0, 0.1) is 0 Å². The number of methoxy groups -OCH3 is 2. The predicted molar refractivity (Wildman–Crippen MR) is 57.7 cm³/mol. The molecule has 4 nitrogen and oxygen atoms in total. The minimum atomic E-state index is -0.878. The number of hydrogen-bond donors (Lipinski definition) is 0. The summed E-state index contributed by atoms with van der Waals surface area (Å²) in [6.07, 6.45) is -0.133. The summed E-state index contributed by atoms with van der Waals surface area (Å²) in [6.45, 7) is 1.04. The van der Waals surface area contributed by atoms with E-state index < -0.39 is 5.97 Å². The van der Waals surface area contributed by atoms with Crippen molar-refractivity contribution in [3.8, 4) is 0 Å². The Morgan fingerprint density at radius 2 is 1.88 bits per heavy atom. The normalized spacial score (nSPS) is 22.0. The van der Waals surface area contributed by atoms with E-state index in [0.717, 1.165) is 5.56 Å². The molecular weight excluding hydrogens is 208 g/mol. The molecule has 4 heteroatoms. The SMILES string of the molecule is COC1(OC)OC1COCc1ccccc1. The molecule has 0 bridgehead atoms. The van der Waals surface area contributed by atoms with Gasteiger partial charge in [-0.15, -0.1) is 0 Å². The summed E-state index contributed by atoms with van der Waals surface area (Å²) < 4.78 is 21.0. The van der Waals surface area contributed by atoms with Gasteiger partial charge in [-0.3, -0.25) is 0 Å². The minimum Gasteiger partial charge on any atom is -0.374 e. The molecule has 1 aliphatic heterocycles. The number of benzene rings is 1. The highest BCUT2D eigenvalue weighted by Crippen LogP contribution is 2.37. The van der Waals surface area contributed by atoms with Crippen LogP contribution in [0.2, 0.25) is 0 Å². The van der Waals surface area contributed by atoms with Crippen LogP contribution in [-0.4, -0.2) is 32.9 Å². The number of hydrogen-bond acceptors (Lipinski definition) is 4. The molecule has 1 fully saturated rings. The lowest BCUT2D eigenvalue weighted by molar-refractivity contribution is -0.197.